The van der Waals surface area contributed by atoms with E-state index < -0.39 is 6.10 Å². The van der Waals surface area contributed by atoms with Crippen LogP contribution in [0.5, 0.6) is 5.75 Å². The maximum absolute atomic E-state index is 12.4. The average molecular weight is 261 g/mol. The second kappa shape index (κ2) is 6.09. The highest BCUT2D eigenvalue weighted by molar-refractivity contribution is 5.81. The summed E-state index contributed by atoms with van der Waals surface area (Å²) >= 11 is 0. The van der Waals surface area contributed by atoms with E-state index in [4.69, 9.17) is 4.74 Å². The zero-order chi connectivity index (χ0) is 13.8. The van der Waals surface area contributed by atoms with Gasteiger partial charge in [0.25, 0.3) is 5.91 Å². The van der Waals surface area contributed by atoms with Crippen LogP contribution < -0.4 is 4.74 Å². The highest BCUT2D eigenvalue weighted by atomic mass is 16.5. The van der Waals surface area contributed by atoms with Gasteiger partial charge in [-0.1, -0.05) is 12.1 Å². The summed E-state index contributed by atoms with van der Waals surface area (Å²) in [7, 11) is 0. The fourth-order valence-electron chi connectivity index (χ4n) is 2.60. The number of piperidine rings is 1. The van der Waals surface area contributed by atoms with Gasteiger partial charge in [0.1, 0.15) is 5.75 Å². The third-order valence-corrected chi connectivity index (χ3v) is 3.74. The molecule has 0 aromatic heterocycles. The van der Waals surface area contributed by atoms with Gasteiger partial charge < -0.3 is 9.64 Å². The Kier molecular flexibility index (Phi) is 4.46. The van der Waals surface area contributed by atoms with Gasteiger partial charge in [0, 0.05) is 12.6 Å². The molecule has 104 valence electrons. The van der Waals surface area contributed by atoms with Crippen LogP contribution in [0.15, 0.2) is 24.3 Å². The largest absolute Gasteiger partial charge is 0.481 e. The Morgan fingerprint density at radius 1 is 1.42 bits per heavy atom. The van der Waals surface area contributed by atoms with E-state index in [1.165, 1.54) is 6.42 Å². The number of nitrogens with zero attached hydrogens (tertiary/aromatic N) is 1. The van der Waals surface area contributed by atoms with Crippen molar-refractivity contribution in [2.75, 3.05) is 6.54 Å². The molecule has 1 aromatic rings. The molecule has 1 aromatic carbocycles. The lowest BCUT2D eigenvalue weighted by atomic mass is 10.0. The molecule has 19 heavy (non-hydrogen) atoms. The zero-order valence-electron chi connectivity index (χ0n) is 12.1. The van der Waals surface area contributed by atoms with E-state index in [9.17, 15) is 4.79 Å². The smallest absolute Gasteiger partial charge is 0.263 e. The van der Waals surface area contributed by atoms with Crippen LogP contribution in [0.2, 0.25) is 0 Å². The summed E-state index contributed by atoms with van der Waals surface area (Å²) < 4.78 is 5.77. The van der Waals surface area contributed by atoms with E-state index in [1.54, 1.807) is 0 Å². The standard InChI is InChI=1S/C16H23NO2/c1-12-7-6-9-15(11-12)19-14(3)16(18)17-10-5-4-8-13(17)2/h6-7,9,11,13-14H,4-5,8,10H2,1-3H3. The number of amides is 1. The predicted octanol–water partition coefficient (Wildman–Crippen LogP) is 3.16. The monoisotopic (exact) mass is 261 g/mol. The van der Waals surface area contributed by atoms with Gasteiger partial charge >= 0.3 is 0 Å². The highest BCUT2D eigenvalue weighted by Gasteiger charge is 2.27. The SMILES string of the molecule is Cc1cccc(OC(C)C(=O)N2CCCCC2C)c1. The van der Waals surface area contributed by atoms with Gasteiger partial charge in [-0.15, -0.1) is 0 Å². The summed E-state index contributed by atoms with van der Waals surface area (Å²) in [5.74, 6) is 0.874. The van der Waals surface area contributed by atoms with Gasteiger partial charge in [-0.05, 0) is 57.7 Å². The summed E-state index contributed by atoms with van der Waals surface area (Å²) in [6.45, 7) is 6.84. The topological polar surface area (TPSA) is 29.5 Å². The van der Waals surface area contributed by atoms with Crippen molar-refractivity contribution in [1.82, 2.24) is 4.90 Å². The molecule has 1 aliphatic rings. The Hall–Kier alpha value is -1.51. The fourth-order valence-corrected chi connectivity index (χ4v) is 2.60. The highest BCUT2D eigenvalue weighted by Crippen LogP contribution is 2.20. The van der Waals surface area contributed by atoms with Crippen LogP contribution in [-0.4, -0.2) is 29.5 Å². The first kappa shape index (κ1) is 13.9. The molecule has 2 unspecified atom stereocenters. The minimum Gasteiger partial charge on any atom is -0.481 e. The van der Waals surface area contributed by atoms with Crippen LogP contribution in [0.25, 0.3) is 0 Å². The molecular formula is C16H23NO2. The van der Waals surface area contributed by atoms with Crippen molar-refractivity contribution in [3.05, 3.63) is 29.8 Å². The molecule has 3 heteroatoms. The fraction of sp³-hybridized carbons (Fsp3) is 0.562. The third kappa shape index (κ3) is 3.49. The summed E-state index contributed by atoms with van der Waals surface area (Å²) in [6.07, 6.45) is 3.01. The van der Waals surface area contributed by atoms with E-state index in [0.29, 0.717) is 6.04 Å². The normalized spacial score (nSPS) is 21.0. The average Bonchev–Trinajstić information content (AvgIpc) is 2.38. The lowest BCUT2D eigenvalue weighted by Crippen LogP contribution is -2.47. The van der Waals surface area contributed by atoms with E-state index >= 15 is 0 Å². The molecular weight excluding hydrogens is 238 g/mol. The number of hydrogen-bond acceptors (Lipinski definition) is 2. The van der Waals surface area contributed by atoms with Crippen LogP contribution >= 0.6 is 0 Å². The van der Waals surface area contributed by atoms with Crippen molar-refractivity contribution in [2.24, 2.45) is 0 Å². The van der Waals surface area contributed by atoms with E-state index in [1.807, 2.05) is 43.0 Å². The molecule has 0 spiro atoms. The van der Waals surface area contributed by atoms with Crippen LogP contribution in [0, 0.1) is 6.92 Å². The van der Waals surface area contributed by atoms with Crippen molar-refractivity contribution in [3.63, 3.8) is 0 Å². The molecule has 1 heterocycles. The van der Waals surface area contributed by atoms with Gasteiger partial charge in [-0.2, -0.15) is 0 Å². The van der Waals surface area contributed by atoms with Crippen LogP contribution in [-0.2, 0) is 4.79 Å². The van der Waals surface area contributed by atoms with E-state index in [2.05, 4.69) is 6.92 Å². The maximum atomic E-state index is 12.4. The van der Waals surface area contributed by atoms with Gasteiger partial charge in [0.2, 0.25) is 0 Å². The summed E-state index contributed by atoms with van der Waals surface area (Å²) in [5, 5.41) is 0. The van der Waals surface area contributed by atoms with Gasteiger partial charge in [-0.3, -0.25) is 4.79 Å². The number of carbonyl (C=O) groups excluding carboxylic acids is 1. The predicted molar refractivity (Wildman–Crippen MR) is 76.3 cm³/mol. The molecule has 0 saturated carbocycles. The zero-order valence-corrected chi connectivity index (χ0v) is 12.1. The molecule has 1 aliphatic heterocycles. The summed E-state index contributed by atoms with van der Waals surface area (Å²) in [6, 6.07) is 8.17. The molecule has 2 rings (SSSR count). The molecule has 1 saturated heterocycles. The van der Waals surface area contributed by atoms with Gasteiger partial charge in [0.15, 0.2) is 6.10 Å². The van der Waals surface area contributed by atoms with Crippen LogP contribution in [0.4, 0.5) is 0 Å². The first-order valence-electron chi connectivity index (χ1n) is 7.11. The maximum Gasteiger partial charge on any atom is 0.263 e. The second-order valence-corrected chi connectivity index (χ2v) is 5.45. The molecule has 3 nitrogen and oxygen atoms in total. The molecule has 0 bridgehead atoms. The number of aryl methyl sites for hydroxylation is 1. The molecule has 0 aliphatic carbocycles. The van der Waals surface area contributed by atoms with E-state index in [0.717, 1.165) is 30.7 Å². The lowest BCUT2D eigenvalue weighted by Gasteiger charge is -2.35. The van der Waals surface area contributed by atoms with Crippen LogP contribution in [0.3, 0.4) is 0 Å². The first-order valence-corrected chi connectivity index (χ1v) is 7.11. The Morgan fingerprint density at radius 3 is 2.89 bits per heavy atom. The summed E-state index contributed by atoms with van der Waals surface area (Å²) in [5.41, 5.74) is 1.14. The second-order valence-electron chi connectivity index (χ2n) is 5.45. The number of carbonyl (C=O) groups is 1. The molecule has 0 N–H and O–H groups in total. The number of rotatable bonds is 3. The molecule has 1 amide bonds. The Morgan fingerprint density at radius 2 is 2.21 bits per heavy atom. The van der Waals surface area contributed by atoms with Crippen molar-refractivity contribution >= 4 is 5.91 Å². The summed E-state index contributed by atoms with van der Waals surface area (Å²) in [4.78, 5) is 14.4. The van der Waals surface area contributed by atoms with Crippen molar-refractivity contribution in [2.45, 2.75) is 52.2 Å². The Balaban J connectivity index is 1.99. The molecule has 0 radical (unpaired) electrons. The minimum atomic E-state index is -0.414. The Bertz CT molecular complexity index is 444. The van der Waals surface area contributed by atoms with Crippen molar-refractivity contribution < 1.29 is 9.53 Å². The van der Waals surface area contributed by atoms with E-state index in [-0.39, 0.29) is 5.91 Å². The number of hydrogen-bond donors (Lipinski definition) is 0. The number of likely N-dealkylation sites (tertiary alicyclic amines) is 1. The number of ether oxygens (including phenoxy) is 1. The molecule has 2 atom stereocenters. The third-order valence-electron chi connectivity index (χ3n) is 3.74. The quantitative estimate of drug-likeness (QED) is 0.836. The van der Waals surface area contributed by atoms with Gasteiger partial charge in [0.05, 0.1) is 0 Å². The van der Waals surface area contributed by atoms with Crippen LogP contribution in [0.1, 0.15) is 38.7 Å². The Labute approximate surface area is 115 Å². The van der Waals surface area contributed by atoms with Crippen molar-refractivity contribution in [1.29, 1.82) is 0 Å². The van der Waals surface area contributed by atoms with Crippen molar-refractivity contribution in [3.8, 4) is 5.75 Å². The minimum absolute atomic E-state index is 0.105. The number of benzene rings is 1. The first-order chi connectivity index (χ1) is 9.08. The lowest BCUT2D eigenvalue weighted by molar-refractivity contribution is -0.141. The van der Waals surface area contributed by atoms with Gasteiger partial charge in [-0.25, -0.2) is 0 Å². The molecule has 1 fully saturated rings.